The van der Waals surface area contributed by atoms with E-state index in [4.69, 9.17) is 0 Å². The molecule has 1 fully saturated rings. The first-order valence-corrected chi connectivity index (χ1v) is 9.20. The summed E-state index contributed by atoms with van der Waals surface area (Å²) in [4.78, 5) is 26.1. The fourth-order valence-corrected chi connectivity index (χ4v) is 3.40. The molecular formula is C20H21N5O3. The van der Waals surface area contributed by atoms with E-state index in [1.54, 1.807) is 31.3 Å². The van der Waals surface area contributed by atoms with Crippen molar-refractivity contribution < 1.29 is 14.7 Å². The zero-order valence-electron chi connectivity index (χ0n) is 15.5. The SMILES string of the molecule is CN1CC[C@@](O)(C#Cc2cccc(NC(=O)c3n[nH]c4c3NCCC4)c2)C1=O. The average Bonchev–Trinajstić information content (AvgIpc) is 3.24. The van der Waals surface area contributed by atoms with Crippen LogP contribution in [0.5, 0.6) is 0 Å². The number of aromatic amines is 1. The van der Waals surface area contributed by atoms with Crippen molar-refractivity contribution >= 4 is 23.2 Å². The highest BCUT2D eigenvalue weighted by Crippen LogP contribution is 2.24. The Morgan fingerprint density at radius 3 is 3.07 bits per heavy atom. The lowest BCUT2D eigenvalue weighted by molar-refractivity contribution is -0.137. The van der Waals surface area contributed by atoms with Gasteiger partial charge in [-0.15, -0.1) is 0 Å². The van der Waals surface area contributed by atoms with Gasteiger partial charge in [0.2, 0.25) is 5.60 Å². The maximum atomic E-state index is 12.6. The molecule has 0 saturated carbocycles. The number of hydrogen-bond donors (Lipinski definition) is 4. The summed E-state index contributed by atoms with van der Waals surface area (Å²) in [5, 5.41) is 23.5. The number of aliphatic hydroxyl groups is 1. The number of fused-ring (bicyclic) bond motifs is 1. The van der Waals surface area contributed by atoms with E-state index < -0.39 is 5.60 Å². The van der Waals surface area contributed by atoms with Crippen LogP contribution >= 0.6 is 0 Å². The van der Waals surface area contributed by atoms with E-state index in [1.807, 2.05) is 0 Å². The van der Waals surface area contributed by atoms with Gasteiger partial charge in [0.15, 0.2) is 5.69 Å². The third-order valence-corrected chi connectivity index (χ3v) is 5.01. The van der Waals surface area contributed by atoms with Crippen molar-refractivity contribution in [3.63, 3.8) is 0 Å². The van der Waals surface area contributed by atoms with Crippen molar-refractivity contribution in [2.24, 2.45) is 0 Å². The number of hydrogen-bond acceptors (Lipinski definition) is 5. The van der Waals surface area contributed by atoms with Gasteiger partial charge in [-0.3, -0.25) is 14.7 Å². The molecule has 1 aromatic carbocycles. The van der Waals surface area contributed by atoms with Crippen molar-refractivity contribution in [3.05, 3.63) is 41.2 Å². The predicted molar refractivity (Wildman–Crippen MR) is 104 cm³/mol. The van der Waals surface area contributed by atoms with E-state index in [1.165, 1.54) is 4.90 Å². The minimum Gasteiger partial charge on any atom is -0.382 e. The standard InChI is InChI=1S/C20H21N5O3/c1-25-11-9-20(28,19(25)27)8-7-13-4-2-5-14(12-13)22-18(26)17-16-15(23-24-17)6-3-10-21-16/h2,4-5,12,21,28H,3,6,9-11H2,1H3,(H,22,26)(H,23,24)/t20-/m0/s1. The molecule has 3 heterocycles. The fourth-order valence-electron chi connectivity index (χ4n) is 3.40. The maximum Gasteiger partial charge on any atom is 0.278 e. The topological polar surface area (TPSA) is 110 Å². The van der Waals surface area contributed by atoms with Crippen LogP contribution in [0.25, 0.3) is 0 Å². The molecule has 0 radical (unpaired) electrons. The quantitative estimate of drug-likeness (QED) is 0.581. The zero-order chi connectivity index (χ0) is 19.7. The second-order valence-corrected chi connectivity index (χ2v) is 7.08. The molecule has 2 aromatic rings. The number of likely N-dealkylation sites (N-methyl/N-ethyl adjacent to an activating group) is 1. The molecule has 8 nitrogen and oxygen atoms in total. The van der Waals surface area contributed by atoms with Crippen LogP contribution in [-0.2, 0) is 11.2 Å². The molecule has 28 heavy (non-hydrogen) atoms. The normalized spacial score (nSPS) is 20.8. The number of rotatable bonds is 2. The Morgan fingerprint density at radius 1 is 1.43 bits per heavy atom. The molecule has 1 atom stereocenters. The van der Waals surface area contributed by atoms with Crippen LogP contribution in [0, 0.1) is 11.8 Å². The van der Waals surface area contributed by atoms with E-state index >= 15 is 0 Å². The number of H-pyrrole nitrogens is 1. The Bertz CT molecular complexity index is 1000. The van der Waals surface area contributed by atoms with Crippen LogP contribution < -0.4 is 10.6 Å². The molecule has 144 valence electrons. The summed E-state index contributed by atoms with van der Waals surface area (Å²) < 4.78 is 0. The van der Waals surface area contributed by atoms with Gasteiger partial charge >= 0.3 is 0 Å². The molecule has 1 saturated heterocycles. The van der Waals surface area contributed by atoms with Crippen molar-refractivity contribution in [3.8, 4) is 11.8 Å². The summed E-state index contributed by atoms with van der Waals surface area (Å²) in [5.41, 5.74) is 1.54. The molecular weight excluding hydrogens is 358 g/mol. The number of nitrogens with one attached hydrogen (secondary N) is 3. The first-order chi connectivity index (χ1) is 13.5. The van der Waals surface area contributed by atoms with Gasteiger partial charge < -0.3 is 20.6 Å². The van der Waals surface area contributed by atoms with Gasteiger partial charge in [-0.25, -0.2) is 0 Å². The lowest BCUT2D eigenvalue weighted by atomic mass is 10.0. The van der Waals surface area contributed by atoms with E-state index in [0.717, 1.165) is 30.8 Å². The van der Waals surface area contributed by atoms with Crippen molar-refractivity contribution in [1.82, 2.24) is 15.1 Å². The van der Waals surface area contributed by atoms with Crippen molar-refractivity contribution in [2.45, 2.75) is 24.9 Å². The summed E-state index contributed by atoms with van der Waals surface area (Å²) in [6.07, 6.45) is 2.15. The molecule has 2 aliphatic heterocycles. The number of likely N-dealkylation sites (tertiary alicyclic amines) is 1. The Hall–Kier alpha value is -3.31. The monoisotopic (exact) mass is 379 g/mol. The Kier molecular flexibility index (Phi) is 4.53. The Morgan fingerprint density at radius 2 is 2.29 bits per heavy atom. The average molecular weight is 379 g/mol. The van der Waals surface area contributed by atoms with Crippen LogP contribution in [0.15, 0.2) is 24.3 Å². The summed E-state index contributed by atoms with van der Waals surface area (Å²) in [6.45, 7) is 1.29. The van der Waals surface area contributed by atoms with Gasteiger partial charge in [-0.1, -0.05) is 17.9 Å². The summed E-state index contributed by atoms with van der Waals surface area (Å²) in [6, 6.07) is 6.96. The molecule has 0 aliphatic carbocycles. The van der Waals surface area contributed by atoms with E-state index in [0.29, 0.717) is 23.5 Å². The molecule has 0 unspecified atom stereocenters. The second kappa shape index (κ2) is 7.02. The van der Waals surface area contributed by atoms with E-state index in [-0.39, 0.29) is 18.2 Å². The van der Waals surface area contributed by atoms with E-state index in [9.17, 15) is 14.7 Å². The Labute approximate surface area is 162 Å². The highest BCUT2D eigenvalue weighted by molar-refractivity contribution is 6.07. The second-order valence-electron chi connectivity index (χ2n) is 7.08. The molecule has 8 heteroatoms. The van der Waals surface area contributed by atoms with Gasteiger partial charge in [0.05, 0.1) is 11.4 Å². The van der Waals surface area contributed by atoms with Crippen molar-refractivity contribution in [2.75, 3.05) is 30.8 Å². The van der Waals surface area contributed by atoms with Crippen LogP contribution in [0.4, 0.5) is 11.4 Å². The predicted octanol–water partition coefficient (Wildman–Crippen LogP) is 0.965. The van der Waals surface area contributed by atoms with Crippen LogP contribution in [-0.4, -0.2) is 57.8 Å². The molecule has 2 amide bonds. The molecule has 4 rings (SSSR count). The number of nitrogens with zero attached hydrogens (tertiary/aromatic N) is 2. The molecule has 2 aliphatic rings. The van der Waals surface area contributed by atoms with Crippen molar-refractivity contribution in [1.29, 1.82) is 0 Å². The fraction of sp³-hybridized carbons (Fsp3) is 0.350. The number of aromatic nitrogens is 2. The summed E-state index contributed by atoms with van der Waals surface area (Å²) in [7, 11) is 1.64. The first-order valence-electron chi connectivity index (χ1n) is 9.20. The number of anilines is 2. The first kappa shape index (κ1) is 18.1. The summed E-state index contributed by atoms with van der Waals surface area (Å²) >= 11 is 0. The number of aryl methyl sites for hydroxylation is 1. The smallest absolute Gasteiger partial charge is 0.278 e. The minimum atomic E-state index is -1.65. The minimum absolute atomic E-state index is 0.281. The third-order valence-electron chi connectivity index (χ3n) is 5.01. The van der Waals surface area contributed by atoms with E-state index in [2.05, 4.69) is 32.7 Å². The van der Waals surface area contributed by atoms with Crippen LogP contribution in [0.2, 0.25) is 0 Å². The van der Waals surface area contributed by atoms with Gasteiger partial charge in [0.25, 0.3) is 11.8 Å². The molecule has 1 aromatic heterocycles. The van der Waals surface area contributed by atoms with Gasteiger partial charge in [-0.2, -0.15) is 5.10 Å². The number of benzene rings is 1. The van der Waals surface area contributed by atoms with Gasteiger partial charge in [0, 0.05) is 37.8 Å². The third kappa shape index (κ3) is 3.32. The number of carbonyl (C=O) groups is 2. The Balaban J connectivity index is 1.51. The maximum absolute atomic E-state index is 12.6. The van der Waals surface area contributed by atoms with Crippen LogP contribution in [0.3, 0.4) is 0 Å². The largest absolute Gasteiger partial charge is 0.382 e. The number of carbonyl (C=O) groups excluding carboxylic acids is 2. The zero-order valence-corrected chi connectivity index (χ0v) is 15.5. The van der Waals surface area contributed by atoms with Gasteiger partial charge in [-0.05, 0) is 31.0 Å². The highest BCUT2D eigenvalue weighted by atomic mass is 16.3. The molecule has 0 spiro atoms. The summed E-state index contributed by atoms with van der Waals surface area (Å²) in [5.74, 6) is 4.82. The lowest BCUT2D eigenvalue weighted by Crippen LogP contribution is -2.37. The molecule has 0 bridgehead atoms. The number of amides is 2. The molecule has 4 N–H and O–H groups in total. The van der Waals surface area contributed by atoms with Crippen LogP contribution in [0.1, 0.15) is 34.6 Å². The lowest BCUT2D eigenvalue weighted by Gasteiger charge is -2.14. The van der Waals surface area contributed by atoms with Gasteiger partial charge in [0.1, 0.15) is 0 Å². The highest BCUT2D eigenvalue weighted by Gasteiger charge is 2.42.